The fourth-order valence-electron chi connectivity index (χ4n) is 0.405. The van der Waals surface area contributed by atoms with E-state index in [9.17, 15) is 4.39 Å². The molecule has 0 atom stereocenters. The van der Waals surface area contributed by atoms with Crippen molar-refractivity contribution in [3.05, 3.63) is 0 Å². The van der Waals surface area contributed by atoms with Gasteiger partial charge in [-0.05, 0) is 7.05 Å². The average Bonchev–Trinajstić information content (AvgIpc) is 1.81. The van der Waals surface area contributed by atoms with E-state index < -0.39 is 0 Å². The average molecular weight is 120 g/mol. The molecule has 3 heteroatoms. The first kappa shape index (κ1) is 7.85. The summed E-state index contributed by atoms with van der Waals surface area (Å²) in [6.07, 6.45) is 0. The van der Waals surface area contributed by atoms with E-state index in [1.807, 2.05) is 7.05 Å². The van der Waals surface area contributed by atoms with Gasteiger partial charge >= 0.3 is 0 Å². The maximum absolute atomic E-state index is 11.3. The van der Waals surface area contributed by atoms with Gasteiger partial charge in [0.15, 0.2) is 0 Å². The molecule has 2 nitrogen and oxygen atoms in total. The summed E-state index contributed by atoms with van der Waals surface area (Å²) in [5, 5.41) is 5.84. The zero-order chi connectivity index (χ0) is 6.24. The smallest absolute Gasteiger partial charge is 0.102 e. The Balaban J connectivity index is 2.53. The number of halogens is 1. The molecule has 0 unspecified atom stereocenters. The highest BCUT2D eigenvalue weighted by molar-refractivity contribution is 4.45. The summed E-state index contributed by atoms with van der Waals surface area (Å²) in [4.78, 5) is 0. The van der Waals surface area contributed by atoms with Gasteiger partial charge in [-0.15, -0.1) is 0 Å². The lowest BCUT2D eigenvalue weighted by molar-refractivity contribution is 0.466. The Morgan fingerprint density at radius 2 is 2.00 bits per heavy atom. The molecule has 0 bridgehead atoms. The van der Waals surface area contributed by atoms with Crippen molar-refractivity contribution in [1.82, 2.24) is 10.6 Å². The van der Waals surface area contributed by atoms with Gasteiger partial charge in [0.2, 0.25) is 0 Å². The van der Waals surface area contributed by atoms with Gasteiger partial charge in [0, 0.05) is 19.6 Å². The molecule has 0 heterocycles. The zero-order valence-corrected chi connectivity index (χ0v) is 5.21. The molecule has 8 heavy (non-hydrogen) atoms. The van der Waals surface area contributed by atoms with E-state index in [1.165, 1.54) is 0 Å². The van der Waals surface area contributed by atoms with E-state index in [4.69, 9.17) is 0 Å². The molecule has 0 aromatic carbocycles. The van der Waals surface area contributed by atoms with Crippen LogP contribution in [0.5, 0.6) is 0 Å². The van der Waals surface area contributed by atoms with Gasteiger partial charge in [0.05, 0.1) is 0 Å². The van der Waals surface area contributed by atoms with Gasteiger partial charge in [-0.2, -0.15) is 0 Å². The number of hydrogen-bond acceptors (Lipinski definition) is 2. The highest BCUT2D eigenvalue weighted by Crippen LogP contribution is 1.61. The Morgan fingerprint density at radius 1 is 1.25 bits per heavy atom. The standard InChI is InChI=1S/C5H13FN2/c1-7-4-5-8-3-2-6/h7-8H,2-5H2,1H3. The van der Waals surface area contributed by atoms with Gasteiger partial charge in [-0.1, -0.05) is 0 Å². The largest absolute Gasteiger partial charge is 0.318 e. The molecule has 0 fully saturated rings. The van der Waals surface area contributed by atoms with Crippen molar-refractivity contribution in [1.29, 1.82) is 0 Å². The van der Waals surface area contributed by atoms with Crippen LogP contribution in [0.25, 0.3) is 0 Å². The van der Waals surface area contributed by atoms with Gasteiger partial charge in [-0.3, -0.25) is 0 Å². The molecule has 0 spiro atoms. The van der Waals surface area contributed by atoms with E-state index in [1.54, 1.807) is 0 Å². The normalized spacial score (nSPS) is 9.75. The van der Waals surface area contributed by atoms with E-state index in [2.05, 4.69) is 10.6 Å². The maximum Gasteiger partial charge on any atom is 0.102 e. The topological polar surface area (TPSA) is 24.1 Å². The van der Waals surface area contributed by atoms with Crippen LogP contribution in [0.15, 0.2) is 0 Å². The third-order valence-electron chi connectivity index (χ3n) is 0.823. The number of hydrogen-bond donors (Lipinski definition) is 2. The Kier molecular flexibility index (Phi) is 6.72. The quantitative estimate of drug-likeness (QED) is 0.489. The summed E-state index contributed by atoms with van der Waals surface area (Å²) in [6.45, 7) is 1.95. The van der Waals surface area contributed by atoms with Crippen LogP contribution >= 0.6 is 0 Å². The first-order valence-electron chi connectivity index (χ1n) is 2.83. The number of likely N-dealkylation sites (N-methyl/N-ethyl adjacent to an activating group) is 1. The highest BCUT2D eigenvalue weighted by atomic mass is 19.1. The lowest BCUT2D eigenvalue weighted by Crippen LogP contribution is -2.26. The summed E-state index contributed by atoms with van der Waals surface area (Å²) in [5.74, 6) is 0. The predicted molar refractivity (Wildman–Crippen MR) is 32.8 cm³/mol. The summed E-state index contributed by atoms with van der Waals surface area (Å²) in [7, 11) is 1.87. The summed E-state index contributed by atoms with van der Waals surface area (Å²) in [6, 6.07) is 0. The molecule has 0 saturated carbocycles. The van der Waals surface area contributed by atoms with Gasteiger partial charge in [0.1, 0.15) is 6.67 Å². The molecule has 0 aliphatic heterocycles. The summed E-state index contributed by atoms with van der Waals surface area (Å²) < 4.78 is 11.3. The number of nitrogens with one attached hydrogen (secondary N) is 2. The van der Waals surface area contributed by atoms with Crippen LogP contribution < -0.4 is 10.6 Å². The van der Waals surface area contributed by atoms with Crippen molar-refractivity contribution in [2.75, 3.05) is 33.4 Å². The van der Waals surface area contributed by atoms with Crippen molar-refractivity contribution in [3.8, 4) is 0 Å². The first-order chi connectivity index (χ1) is 3.91. The minimum absolute atomic E-state index is 0.274. The number of alkyl halides is 1. The summed E-state index contributed by atoms with van der Waals surface area (Å²) >= 11 is 0. The fraction of sp³-hybridized carbons (Fsp3) is 1.00. The molecule has 50 valence electrons. The van der Waals surface area contributed by atoms with Crippen molar-refractivity contribution in [2.45, 2.75) is 0 Å². The molecule has 0 saturated heterocycles. The Labute approximate surface area is 49.5 Å². The van der Waals surface area contributed by atoms with Crippen molar-refractivity contribution >= 4 is 0 Å². The van der Waals surface area contributed by atoms with Crippen LogP contribution in [0, 0.1) is 0 Å². The van der Waals surface area contributed by atoms with E-state index in [0.717, 1.165) is 13.1 Å². The van der Waals surface area contributed by atoms with E-state index >= 15 is 0 Å². The molecule has 0 aromatic rings. The van der Waals surface area contributed by atoms with E-state index in [0.29, 0.717) is 6.54 Å². The second kappa shape index (κ2) is 6.85. The lowest BCUT2D eigenvalue weighted by atomic mass is 10.6. The molecule has 0 aromatic heterocycles. The molecular formula is C5H13FN2. The SMILES string of the molecule is CNCCNCCF. The molecule has 0 radical (unpaired) electrons. The van der Waals surface area contributed by atoms with Crippen molar-refractivity contribution in [2.24, 2.45) is 0 Å². The molecule has 0 aliphatic rings. The fourth-order valence-corrected chi connectivity index (χ4v) is 0.405. The Morgan fingerprint density at radius 3 is 2.50 bits per heavy atom. The first-order valence-corrected chi connectivity index (χ1v) is 2.83. The van der Waals surface area contributed by atoms with Gasteiger partial charge in [-0.25, -0.2) is 4.39 Å². The zero-order valence-electron chi connectivity index (χ0n) is 5.21. The lowest BCUT2D eigenvalue weighted by Gasteiger charge is -1.98. The van der Waals surface area contributed by atoms with Crippen LogP contribution in [0.2, 0.25) is 0 Å². The second-order valence-corrected chi connectivity index (χ2v) is 1.54. The second-order valence-electron chi connectivity index (χ2n) is 1.54. The monoisotopic (exact) mass is 120 g/mol. The Bertz CT molecular complexity index is 35.4. The maximum atomic E-state index is 11.3. The third kappa shape index (κ3) is 5.85. The highest BCUT2D eigenvalue weighted by Gasteiger charge is 1.81. The van der Waals surface area contributed by atoms with Crippen LogP contribution in [0.4, 0.5) is 4.39 Å². The predicted octanol–water partition coefficient (Wildman–Crippen LogP) is -0.235. The summed E-state index contributed by atoms with van der Waals surface area (Å²) in [5.41, 5.74) is 0. The molecule has 2 N–H and O–H groups in total. The van der Waals surface area contributed by atoms with E-state index in [-0.39, 0.29) is 6.67 Å². The molecular weight excluding hydrogens is 107 g/mol. The van der Waals surface area contributed by atoms with Gasteiger partial charge in [0.25, 0.3) is 0 Å². The molecule has 0 rings (SSSR count). The van der Waals surface area contributed by atoms with Crippen molar-refractivity contribution in [3.63, 3.8) is 0 Å². The van der Waals surface area contributed by atoms with Crippen LogP contribution in [-0.2, 0) is 0 Å². The van der Waals surface area contributed by atoms with Gasteiger partial charge < -0.3 is 10.6 Å². The van der Waals surface area contributed by atoms with Crippen LogP contribution in [-0.4, -0.2) is 33.4 Å². The van der Waals surface area contributed by atoms with Crippen molar-refractivity contribution < 1.29 is 4.39 Å². The molecule has 0 aliphatic carbocycles. The van der Waals surface area contributed by atoms with Crippen LogP contribution in [0.3, 0.4) is 0 Å². The number of rotatable bonds is 5. The third-order valence-corrected chi connectivity index (χ3v) is 0.823. The minimum atomic E-state index is -0.274. The van der Waals surface area contributed by atoms with Crippen LogP contribution in [0.1, 0.15) is 0 Å². The molecule has 0 amide bonds. The Hall–Kier alpha value is -0.150. The minimum Gasteiger partial charge on any atom is -0.318 e.